The highest BCUT2D eigenvalue weighted by molar-refractivity contribution is 6.02. The van der Waals surface area contributed by atoms with Crippen molar-refractivity contribution < 1.29 is 37.4 Å². The van der Waals surface area contributed by atoms with E-state index < -0.39 is 40.6 Å². The van der Waals surface area contributed by atoms with Crippen molar-refractivity contribution in [1.29, 1.82) is 0 Å². The summed E-state index contributed by atoms with van der Waals surface area (Å²) >= 11 is 0. The summed E-state index contributed by atoms with van der Waals surface area (Å²) in [6.45, 7) is 0. The number of halogens is 4. The highest BCUT2D eigenvalue weighted by Crippen LogP contribution is 2.34. The van der Waals surface area contributed by atoms with Gasteiger partial charge in [0.25, 0.3) is 0 Å². The van der Waals surface area contributed by atoms with Gasteiger partial charge in [0, 0.05) is 0 Å². The van der Waals surface area contributed by atoms with Crippen LogP contribution in [0, 0.1) is 5.82 Å². The molecule has 1 rings (SSSR count). The van der Waals surface area contributed by atoms with Crippen molar-refractivity contribution in [2.24, 2.45) is 0 Å². The fraction of sp³-hybridized carbons (Fsp3) is 0.111. The lowest BCUT2D eigenvalue weighted by Crippen LogP contribution is -2.18. The van der Waals surface area contributed by atoms with Crippen LogP contribution < -0.4 is 0 Å². The quantitative estimate of drug-likeness (QED) is 0.791. The zero-order valence-corrected chi connectivity index (χ0v) is 7.88. The predicted molar refractivity (Wildman–Crippen MR) is 45.3 cm³/mol. The molecule has 1 aromatic carbocycles. The number of alkyl halides is 3. The predicted octanol–water partition coefficient (Wildman–Crippen LogP) is 2.24. The van der Waals surface area contributed by atoms with Gasteiger partial charge in [-0.3, -0.25) is 0 Å². The molecule has 0 atom stereocenters. The Balaban J connectivity index is 3.70. The fourth-order valence-electron chi connectivity index (χ4n) is 1.23. The molecule has 0 spiro atoms. The fourth-order valence-corrected chi connectivity index (χ4v) is 1.23. The highest BCUT2D eigenvalue weighted by Gasteiger charge is 2.38. The second kappa shape index (κ2) is 4.04. The minimum Gasteiger partial charge on any atom is -0.478 e. The molecule has 0 amide bonds. The molecule has 0 aromatic heterocycles. The number of rotatable bonds is 2. The smallest absolute Gasteiger partial charge is 0.417 e. The summed E-state index contributed by atoms with van der Waals surface area (Å²) in [6, 6.07) is 0.164. The van der Waals surface area contributed by atoms with Crippen LogP contribution in [0.4, 0.5) is 17.6 Å². The van der Waals surface area contributed by atoms with E-state index in [0.717, 1.165) is 0 Å². The van der Waals surface area contributed by atoms with Gasteiger partial charge in [0.2, 0.25) is 0 Å². The number of carbonyl (C=O) groups is 2. The second-order valence-corrected chi connectivity index (χ2v) is 2.98. The van der Waals surface area contributed by atoms with Gasteiger partial charge in [0.15, 0.2) is 0 Å². The van der Waals surface area contributed by atoms with E-state index in [9.17, 15) is 27.2 Å². The van der Waals surface area contributed by atoms with Gasteiger partial charge in [-0.05, 0) is 12.1 Å². The summed E-state index contributed by atoms with van der Waals surface area (Å²) < 4.78 is 50.0. The van der Waals surface area contributed by atoms with Crippen molar-refractivity contribution in [2.75, 3.05) is 0 Å². The van der Waals surface area contributed by atoms with E-state index in [-0.39, 0.29) is 12.1 Å². The van der Waals surface area contributed by atoms with Crippen molar-refractivity contribution in [3.05, 3.63) is 34.6 Å². The van der Waals surface area contributed by atoms with Crippen LogP contribution in [0.3, 0.4) is 0 Å². The maximum atomic E-state index is 12.8. The van der Waals surface area contributed by atoms with Crippen molar-refractivity contribution in [3.8, 4) is 0 Å². The maximum absolute atomic E-state index is 12.8. The zero-order valence-electron chi connectivity index (χ0n) is 7.88. The van der Waals surface area contributed by atoms with E-state index in [1.807, 2.05) is 0 Å². The van der Waals surface area contributed by atoms with Gasteiger partial charge in [0.1, 0.15) is 5.82 Å². The van der Waals surface area contributed by atoms with E-state index in [2.05, 4.69) is 0 Å². The number of benzene rings is 1. The van der Waals surface area contributed by atoms with Gasteiger partial charge in [-0.2, -0.15) is 13.2 Å². The van der Waals surface area contributed by atoms with E-state index in [1.54, 1.807) is 0 Å². The number of carboxylic acids is 2. The van der Waals surface area contributed by atoms with E-state index in [1.165, 1.54) is 0 Å². The Morgan fingerprint density at radius 3 is 1.94 bits per heavy atom. The number of carboxylic acid groups (broad SMARTS) is 2. The molecule has 0 bridgehead atoms. The maximum Gasteiger partial charge on any atom is 0.417 e. The van der Waals surface area contributed by atoms with Gasteiger partial charge >= 0.3 is 18.1 Å². The molecule has 0 fully saturated rings. The molecule has 1 aromatic rings. The lowest BCUT2D eigenvalue weighted by molar-refractivity contribution is -0.138. The molecule has 2 N–H and O–H groups in total. The minimum absolute atomic E-state index is 0.0596. The van der Waals surface area contributed by atoms with Gasteiger partial charge in [-0.1, -0.05) is 0 Å². The molecule has 0 radical (unpaired) electrons. The van der Waals surface area contributed by atoms with Crippen LogP contribution in [0.5, 0.6) is 0 Å². The van der Waals surface area contributed by atoms with E-state index >= 15 is 0 Å². The number of hydrogen-bond acceptors (Lipinski definition) is 2. The van der Waals surface area contributed by atoms with Crippen molar-refractivity contribution in [2.45, 2.75) is 6.18 Å². The van der Waals surface area contributed by atoms with Crippen LogP contribution in [0.1, 0.15) is 26.3 Å². The highest BCUT2D eigenvalue weighted by atomic mass is 19.4. The Morgan fingerprint density at radius 2 is 1.59 bits per heavy atom. The van der Waals surface area contributed by atoms with Gasteiger partial charge in [-0.25, -0.2) is 14.0 Å². The number of aromatic carboxylic acids is 2. The first-order valence-corrected chi connectivity index (χ1v) is 4.02. The van der Waals surface area contributed by atoms with Gasteiger partial charge < -0.3 is 10.2 Å². The van der Waals surface area contributed by atoms with Gasteiger partial charge in [0.05, 0.1) is 16.7 Å². The first kappa shape index (κ1) is 12.9. The molecule has 17 heavy (non-hydrogen) atoms. The summed E-state index contributed by atoms with van der Waals surface area (Å²) in [6.07, 6.45) is -5.15. The Hall–Kier alpha value is -2.12. The molecule has 0 aliphatic carbocycles. The average Bonchev–Trinajstić information content (AvgIpc) is 2.14. The monoisotopic (exact) mass is 252 g/mol. The Kier molecular flexibility index (Phi) is 3.08. The zero-order chi connectivity index (χ0) is 13.4. The van der Waals surface area contributed by atoms with Crippen LogP contribution in [-0.4, -0.2) is 22.2 Å². The van der Waals surface area contributed by atoms with Crippen LogP contribution in [0.15, 0.2) is 12.1 Å². The minimum atomic E-state index is -5.15. The van der Waals surface area contributed by atoms with Crippen LogP contribution in [0.25, 0.3) is 0 Å². The SMILES string of the molecule is O=C(O)c1cc(F)cc(C(F)(F)F)c1C(=O)O. The third-order valence-electron chi connectivity index (χ3n) is 1.85. The Bertz CT molecular complexity index is 493. The molecule has 92 valence electrons. The Labute approximate surface area is 91.1 Å². The van der Waals surface area contributed by atoms with Gasteiger partial charge in [-0.15, -0.1) is 0 Å². The van der Waals surface area contributed by atoms with E-state index in [4.69, 9.17) is 10.2 Å². The molecule has 8 heteroatoms. The van der Waals surface area contributed by atoms with Crippen LogP contribution in [0.2, 0.25) is 0 Å². The standard InChI is InChI=1S/C9H4F4O4/c10-3-1-4(7(14)15)6(8(16)17)5(2-3)9(11,12)13/h1-2H,(H,14,15)(H,16,17). The lowest BCUT2D eigenvalue weighted by atomic mass is 10.00. The third kappa shape index (κ3) is 2.52. The molecular weight excluding hydrogens is 248 g/mol. The molecular formula is C9H4F4O4. The molecule has 0 aliphatic heterocycles. The average molecular weight is 252 g/mol. The molecule has 0 saturated heterocycles. The lowest BCUT2D eigenvalue weighted by Gasteiger charge is -2.12. The first-order chi connectivity index (χ1) is 7.64. The van der Waals surface area contributed by atoms with E-state index in [0.29, 0.717) is 0 Å². The van der Waals surface area contributed by atoms with Crippen molar-refractivity contribution in [3.63, 3.8) is 0 Å². The second-order valence-electron chi connectivity index (χ2n) is 2.98. The van der Waals surface area contributed by atoms with Crippen LogP contribution in [-0.2, 0) is 6.18 Å². The molecule has 0 heterocycles. The van der Waals surface area contributed by atoms with Crippen molar-refractivity contribution in [1.82, 2.24) is 0 Å². The summed E-state index contributed by atoms with van der Waals surface area (Å²) in [5, 5.41) is 17.1. The summed E-state index contributed by atoms with van der Waals surface area (Å²) in [4.78, 5) is 21.2. The number of hydrogen-bond donors (Lipinski definition) is 2. The largest absolute Gasteiger partial charge is 0.478 e. The normalized spacial score (nSPS) is 11.3. The molecule has 0 unspecified atom stereocenters. The summed E-state index contributed by atoms with van der Waals surface area (Å²) in [7, 11) is 0. The third-order valence-corrected chi connectivity index (χ3v) is 1.85. The molecule has 0 aliphatic rings. The van der Waals surface area contributed by atoms with Crippen LogP contribution >= 0.6 is 0 Å². The first-order valence-electron chi connectivity index (χ1n) is 4.02. The molecule has 4 nitrogen and oxygen atoms in total. The van der Waals surface area contributed by atoms with Crippen molar-refractivity contribution >= 4 is 11.9 Å². The molecule has 0 saturated carbocycles. The Morgan fingerprint density at radius 1 is 1.06 bits per heavy atom. The topological polar surface area (TPSA) is 74.6 Å². The summed E-state index contributed by atoms with van der Waals surface area (Å²) in [5.74, 6) is -5.51. The summed E-state index contributed by atoms with van der Waals surface area (Å²) in [5.41, 5.74) is -4.56.